The van der Waals surface area contributed by atoms with Gasteiger partial charge in [0.2, 0.25) is 0 Å². The Kier molecular flexibility index (Phi) is 18.6. The molecule has 0 N–H and O–H groups in total. The van der Waals surface area contributed by atoms with Gasteiger partial charge in [-0.1, -0.05) is 90.9 Å². The van der Waals surface area contributed by atoms with Gasteiger partial charge in [-0.15, -0.1) is 0 Å². The van der Waals surface area contributed by atoms with Crippen LogP contribution in [0.1, 0.15) is 118 Å². The van der Waals surface area contributed by atoms with Crippen molar-refractivity contribution in [3.63, 3.8) is 0 Å². The van der Waals surface area contributed by atoms with Crippen molar-refractivity contribution in [1.82, 2.24) is 0 Å². The van der Waals surface area contributed by atoms with Gasteiger partial charge in [0.05, 0.1) is 0 Å². The molecule has 0 saturated heterocycles. The predicted octanol–water partition coefficient (Wildman–Crippen LogP) is 6.30. The SMILES string of the molecule is CCCCCCCCC(C)O[SiH2]OC(C)CCCCCCCC. The lowest BCUT2D eigenvalue weighted by molar-refractivity contribution is 0.123. The molecule has 140 valence electrons. The minimum absolute atomic E-state index is 0.397. The molecule has 0 spiro atoms. The summed E-state index contributed by atoms with van der Waals surface area (Å²) in [7, 11) is -0.779. The van der Waals surface area contributed by atoms with Gasteiger partial charge in [0.15, 0.2) is 0 Å². The van der Waals surface area contributed by atoms with Crippen molar-refractivity contribution in [3.8, 4) is 0 Å². The third-order valence-electron chi connectivity index (χ3n) is 4.63. The van der Waals surface area contributed by atoms with Crippen LogP contribution in [0.5, 0.6) is 0 Å². The molecule has 0 radical (unpaired) electrons. The van der Waals surface area contributed by atoms with Crippen LogP contribution in [0.2, 0.25) is 0 Å². The zero-order valence-corrected chi connectivity index (χ0v) is 18.0. The molecule has 0 bridgehead atoms. The van der Waals surface area contributed by atoms with Crippen LogP contribution >= 0.6 is 0 Å². The van der Waals surface area contributed by atoms with Gasteiger partial charge in [-0.25, -0.2) is 0 Å². The van der Waals surface area contributed by atoms with Gasteiger partial charge in [-0.2, -0.15) is 0 Å². The number of rotatable bonds is 18. The van der Waals surface area contributed by atoms with Gasteiger partial charge in [0, 0.05) is 12.2 Å². The van der Waals surface area contributed by atoms with E-state index in [1.54, 1.807) is 0 Å². The first kappa shape index (κ1) is 23.1. The molecule has 0 heterocycles. The highest BCUT2D eigenvalue weighted by Gasteiger charge is 2.06. The Hall–Kier alpha value is 0.137. The summed E-state index contributed by atoms with van der Waals surface area (Å²) in [5, 5.41) is 0. The van der Waals surface area contributed by atoms with Gasteiger partial charge in [-0.05, 0) is 26.7 Å². The molecule has 0 aliphatic carbocycles. The molecule has 2 nitrogen and oxygen atoms in total. The van der Waals surface area contributed by atoms with Crippen LogP contribution in [-0.2, 0) is 8.85 Å². The van der Waals surface area contributed by atoms with E-state index in [9.17, 15) is 0 Å². The van der Waals surface area contributed by atoms with Crippen molar-refractivity contribution in [2.75, 3.05) is 0 Å². The minimum Gasteiger partial charge on any atom is -0.396 e. The van der Waals surface area contributed by atoms with E-state index in [-0.39, 0.29) is 0 Å². The number of hydrogen-bond acceptors (Lipinski definition) is 2. The lowest BCUT2D eigenvalue weighted by Gasteiger charge is -2.17. The fourth-order valence-electron chi connectivity index (χ4n) is 2.86. The van der Waals surface area contributed by atoms with E-state index in [2.05, 4.69) is 27.7 Å². The normalized spacial score (nSPS) is 14.6. The molecule has 0 aromatic rings. The van der Waals surface area contributed by atoms with Gasteiger partial charge >= 0.3 is 10.0 Å². The Morgan fingerprint density at radius 2 is 0.913 bits per heavy atom. The summed E-state index contributed by atoms with van der Waals surface area (Å²) in [5.74, 6) is 0. The van der Waals surface area contributed by atoms with Crippen molar-refractivity contribution in [3.05, 3.63) is 0 Å². The largest absolute Gasteiger partial charge is 0.396 e. The van der Waals surface area contributed by atoms with Crippen molar-refractivity contribution in [2.45, 2.75) is 130 Å². The highest BCUT2D eigenvalue weighted by molar-refractivity contribution is 6.18. The fourth-order valence-corrected chi connectivity index (χ4v) is 3.74. The average Bonchev–Trinajstić information content (AvgIpc) is 2.54. The lowest BCUT2D eigenvalue weighted by Crippen LogP contribution is -2.19. The summed E-state index contributed by atoms with van der Waals surface area (Å²) in [6.07, 6.45) is 19.6. The van der Waals surface area contributed by atoms with Gasteiger partial charge in [-0.3, -0.25) is 0 Å². The molecule has 0 aromatic carbocycles. The molecule has 0 saturated carbocycles. The van der Waals surface area contributed by atoms with E-state index < -0.39 is 10.0 Å². The molecular weight excluding hydrogens is 300 g/mol. The molecule has 2 unspecified atom stereocenters. The summed E-state index contributed by atoms with van der Waals surface area (Å²) in [6.45, 7) is 8.96. The third kappa shape index (κ3) is 18.3. The fraction of sp³-hybridized carbons (Fsp3) is 1.00. The molecule has 0 aromatic heterocycles. The standard InChI is InChI=1S/C20H44O2Si/c1-5-7-9-11-13-15-17-19(3)21-23-22-20(4)18-16-14-12-10-8-6-2/h19-20H,5-18,23H2,1-4H3. The molecule has 0 aliphatic rings. The first-order chi connectivity index (χ1) is 11.2. The first-order valence-electron chi connectivity index (χ1n) is 10.4. The van der Waals surface area contributed by atoms with Crippen LogP contribution in [-0.4, -0.2) is 22.2 Å². The van der Waals surface area contributed by atoms with E-state index in [4.69, 9.17) is 8.85 Å². The Morgan fingerprint density at radius 3 is 1.30 bits per heavy atom. The van der Waals surface area contributed by atoms with Crippen molar-refractivity contribution >= 4 is 10.0 Å². The molecule has 0 aliphatic heterocycles. The molecule has 23 heavy (non-hydrogen) atoms. The van der Waals surface area contributed by atoms with Crippen molar-refractivity contribution < 1.29 is 8.85 Å². The average molecular weight is 345 g/mol. The molecule has 0 fully saturated rings. The van der Waals surface area contributed by atoms with E-state index in [1.165, 1.54) is 89.9 Å². The second-order valence-electron chi connectivity index (χ2n) is 7.19. The van der Waals surface area contributed by atoms with E-state index in [0.29, 0.717) is 12.2 Å². The maximum absolute atomic E-state index is 5.92. The first-order valence-corrected chi connectivity index (χ1v) is 11.6. The van der Waals surface area contributed by atoms with Crippen LogP contribution in [0.25, 0.3) is 0 Å². The number of unbranched alkanes of at least 4 members (excludes halogenated alkanes) is 10. The van der Waals surface area contributed by atoms with E-state index in [0.717, 1.165) is 0 Å². The van der Waals surface area contributed by atoms with Gasteiger partial charge in [0.1, 0.15) is 0 Å². The quantitative estimate of drug-likeness (QED) is 0.215. The molecule has 2 atom stereocenters. The summed E-state index contributed by atoms with van der Waals surface area (Å²) < 4.78 is 11.8. The summed E-state index contributed by atoms with van der Waals surface area (Å²) >= 11 is 0. The third-order valence-corrected chi connectivity index (χ3v) is 6.04. The summed E-state index contributed by atoms with van der Waals surface area (Å²) in [6, 6.07) is 0. The topological polar surface area (TPSA) is 18.5 Å². The van der Waals surface area contributed by atoms with Gasteiger partial charge < -0.3 is 8.85 Å². The van der Waals surface area contributed by atoms with Crippen molar-refractivity contribution in [2.24, 2.45) is 0 Å². The molecular formula is C20H44O2Si. The summed E-state index contributed by atoms with van der Waals surface area (Å²) in [4.78, 5) is 0. The van der Waals surface area contributed by atoms with Crippen LogP contribution in [0, 0.1) is 0 Å². The highest BCUT2D eigenvalue weighted by Crippen LogP contribution is 2.12. The zero-order chi connectivity index (χ0) is 17.2. The van der Waals surface area contributed by atoms with Gasteiger partial charge in [0.25, 0.3) is 0 Å². The molecule has 0 rings (SSSR count). The van der Waals surface area contributed by atoms with Crippen LogP contribution in [0.15, 0.2) is 0 Å². The Morgan fingerprint density at radius 1 is 0.565 bits per heavy atom. The Labute approximate surface area is 149 Å². The van der Waals surface area contributed by atoms with Crippen LogP contribution < -0.4 is 0 Å². The second-order valence-corrected chi connectivity index (χ2v) is 8.09. The number of hydrogen-bond donors (Lipinski definition) is 0. The van der Waals surface area contributed by atoms with Crippen molar-refractivity contribution in [1.29, 1.82) is 0 Å². The van der Waals surface area contributed by atoms with E-state index in [1.807, 2.05) is 0 Å². The Bertz CT molecular complexity index is 202. The lowest BCUT2D eigenvalue weighted by atomic mass is 10.1. The smallest absolute Gasteiger partial charge is 0.304 e. The molecule has 0 amide bonds. The van der Waals surface area contributed by atoms with E-state index >= 15 is 0 Å². The maximum Gasteiger partial charge on any atom is 0.304 e. The highest BCUT2D eigenvalue weighted by atomic mass is 28.3. The van der Waals surface area contributed by atoms with Crippen LogP contribution in [0.4, 0.5) is 0 Å². The monoisotopic (exact) mass is 344 g/mol. The predicted molar refractivity (Wildman–Crippen MR) is 106 cm³/mol. The maximum atomic E-state index is 5.92. The second kappa shape index (κ2) is 18.5. The van der Waals surface area contributed by atoms with Crippen LogP contribution in [0.3, 0.4) is 0 Å². The minimum atomic E-state index is -0.779. The zero-order valence-electron chi connectivity index (χ0n) is 16.6. The summed E-state index contributed by atoms with van der Waals surface area (Å²) in [5.41, 5.74) is 0. The Balaban J connectivity index is 3.30. The molecule has 3 heteroatoms.